The summed E-state index contributed by atoms with van der Waals surface area (Å²) in [6.07, 6.45) is 6.02. The van der Waals surface area contributed by atoms with Gasteiger partial charge in [-0.15, -0.1) is 0 Å². The second-order valence-electron chi connectivity index (χ2n) is 8.20. The Labute approximate surface area is 167 Å². The predicted molar refractivity (Wildman–Crippen MR) is 112 cm³/mol. The molecule has 2 aromatic carbocycles. The number of nitrogens with zero attached hydrogens (tertiary/aromatic N) is 1. The number of benzene rings is 2. The molecule has 0 spiro atoms. The molecule has 2 heterocycles. The first kappa shape index (κ1) is 19.0. The average Bonchev–Trinajstić information content (AvgIpc) is 2.73. The molecular formula is C24H30N2O2. The van der Waals surface area contributed by atoms with Crippen molar-refractivity contribution in [3.63, 3.8) is 0 Å². The molecule has 0 radical (unpaired) electrons. The molecule has 2 aliphatic heterocycles. The lowest BCUT2D eigenvalue weighted by molar-refractivity contribution is -0.0559. The van der Waals surface area contributed by atoms with Gasteiger partial charge in [0.2, 0.25) is 0 Å². The number of carbonyl (C=O) groups is 1. The fourth-order valence-corrected chi connectivity index (χ4v) is 4.45. The molecule has 1 amide bonds. The Morgan fingerprint density at radius 1 is 1.07 bits per heavy atom. The third-order valence-electron chi connectivity index (χ3n) is 6.18. The van der Waals surface area contributed by atoms with E-state index in [1.807, 2.05) is 42.5 Å². The van der Waals surface area contributed by atoms with Crippen LogP contribution in [0.5, 0.6) is 5.75 Å². The molecule has 0 aromatic heterocycles. The highest BCUT2D eigenvalue weighted by molar-refractivity contribution is 5.94. The zero-order valence-electron chi connectivity index (χ0n) is 16.9. The highest BCUT2D eigenvalue weighted by atomic mass is 16.5. The van der Waals surface area contributed by atoms with E-state index in [-0.39, 0.29) is 5.91 Å². The van der Waals surface area contributed by atoms with Gasteiger partial charge in [0, 0.05) is 24.2 Å². The number of hydrogen-bond donors (Lipinski definition) is 1. The summed E-state index contributed by atoms with van der Waals surface area (Å²) in [4.78, 5) is 14.9. The van der Waals surface area contributed by atoms with Crippen molar-refractivity contribution >= 4 is 5.91 Å². The van der Waals surface area contributed by atoms with Crippen LogP contribution in [0.3, 0.4) is 0 Å². The van der Waals surface area contributed by atoms with E-state index < -0.39 is 0 Å². The van der Waals surface area contributed by atoms with Crippen molar-refractivity contribution < 1.29 is 9.53 Å². The van der Waals surface area contributed by atoms with Crippen LogP contribution in [0.25, 0.3) is 0 Å². The maximum Gasteiger partial charge on any atom is 0.251 e. The van der Waals surface area contributed by atoms with Crippen LogP contribution in [0.1, 0.15) is 54.1 Å². The largest absolute Gasteiger partial charge is 0.490 e. The van der Waals surface area contributed by atoms with Gasteiger partial charge >= 0.3 is 0 Å². The van der Waals surface area contributed by atoms with E-state index in [4.69, 9.17) is 4.74 Å². The third kappa shape index (κ3) is 4.22. The average molecular weight is 379 g/mol. The van der Waals surface area contributed by atoms with E-state index in [9.17, 15) is 4.79 Å². The highest BCUT2D eigenvalue weighted by Crippen LogP contribution is 2.38. The molecule has 2 saturated heterocycles. The van der Waals surface area contributed by atoms with E-state index in [0.717, 1.165) is 37.0 Å². The smallest absolute Gasteiger partial charge is 0.251 e. The molecular weight excluding hydrogens is 348 g/mol. The first-order valence-electron chi connectivity index (χ1n) is 10.5. The van der Waals surface area contributed by atoms with Gasteiger partial charge in [-0.05, 0) is 68.1 Å². The van der Waals surface area contributed by atoms with Crippen LogP contribution in [-0.4, -0.2) is 36.0 Å². The van der Waals surface area contributed by atoms with Gasteiger partial charge in [0.25, 0.3) is 5.91 Å². The minimum atomic E-state index is -0.0372. The van der Waals surface area contributed by atoms with E-state index in [2.05, 4.69) is 30.3 Å². The molecule has 4 heteroatoms. The van der Waals surface area contributed by atoms with Crippen molar-refractivity contribution in [3.8, 4) is 5.75 Å². The minimum absolute atomic E-state index is 0.0372. The number of ether oxygens (including phenoxy) is 1. The summed E-state index contributed by atoms with van der Waals surface area (Å²) < 4.78 is 6.23. The Kier molecular flexibility index (Phi) is 5.67. The van der Waals surface area contributed by atoms with Crippen LogP contribution in [0.4, 0.5) is 0 Å². The third-order valence-corrected chi connectivity index (χ3v) is 6.18. The van der Waals surface area contributed by atoms with Crippen LogP contribution in [0, 0.1) is 0 Å². The molecule has 1 saturated carbocycles. The van der Waals surface area contributed by atoms with E-state index in [0.29, 0.717) is 30.3 Å². The summed E-state index contributed by atoms with van der Waals surface area (Å²) in [5.41, 5.74) is 3.04. The number of hydrogen-bond acceptors (Lipinski definition) is 3. The first-order valence-corrected chi connectivity index (χ1v) is 10.5. The van der Waals surface area contributed by atoms with Crippen LogP contribution in [0.2, 0.25) is 0 Å². The molecule has 3 aliphatic rings. The van der Waals surface area contributed by atoms with Gasteiger partial charge in [0.1, 0.15) is 11.9 Å². The van der Waals surface area contributed by atoms with Gasteiger partial charge in [0.05, 0.1) is 0 Å². The molecule has 148 valence electrons. The molecule has 28 heavy (non-hydrogen) atoms. The fraction of sp³-hybridized carbons (Fsp3) is 0.458. The fourth-order valence-electron chi connectivity index (χ4n) is 4.45. The topological polar surface area (TPSA) is 41.6 Å². The van der Waals surface area contributed by atoms with E-state index in [1.54, 1.807) is 0 Å². The van der Waals surface area contributed by atoms with Crippen molar-refractivity contribution in [3.05, 3.63) is 65.2 Å². The Morgan fingerprint density at radius 3 is 2.50 bits per heavy atom. The Balaban J connectivity index is 1.30. The molecule has 3 atom stereocenters. The summed E-state index contributed by atoms with van der Waals surface area (Å²) in [5.74, 6) is 0.870. The Hall–Kier alpha value is -2.33. The second kappa shape index (κ2) is 8.36. The maximum atomic E-state index is 12.4. The van der Waals surface area contributed by atoms with Crippen LogP contribution in [0.15, 0.2) is 48.5 Å². The van der Waals surface area contributed by atoms with Crippen molar-refractivity contribution in [1.82, 2.24) is 10.2 Å². The molecule has 2 bridgehead atoms. The zero-order valence-corrected chi connectivity index (χ0v) is 16.9. The van der Waals surface area contributed by atoms with Crippen LogP contribution >= 0.6 is 0 Å². The zero-order chi connectivity index (χ0) is 19.5. The highest BCUT2D eigenvalue weighted by Gasteiger charge is 2.43. The van der Waals surface area contributed by atoms with Crippen LogP contribution in [-0.2, 0) is 13.0 Å². The summed E-state index contributed by atoms with van der Waals surface area (Å²) in [5, 5.41) is 3.02. The second-order valence-corrected chi connectivity index (χ2v) is 8.20. The predicted octanol–water partition coefficient (Wildman–Crippen LogP) is 4.18. The lowest BCUT2D eigenvalue weighted by atomic mass is 9.78. The normalized spacial score (nSPS) is 23.7. The van der Waals surface area contributed by atoms with Gasteiger partial charge in [0.15, 0.2) is 0 Å². The minimum Gasteiger partial charge on any atom is -0.490 e. The summed E-state index contributed by atoms with van der Waals surface area (Å²) in [7, 11) is 2.22. The number of piperidine rings is 1. The lowest BCUT2D eigenvalue weighted by Gasteiger charge is -2.53. The Bertz CT molecular complexity index is 806. The summed E-state index contributed by atoms with van der Waals surface area (Å²) in [6.45, 7) is 2.67. The number of nitrogens with one attached hydrogen (secondary N) is 1. The molecule has 1 N–H and O–H groups in total. The van der Waals surface area contributed by atoms with Crippen molar-refractivity contribution in [2.45, 2.75) is 63.8 Å². The van der Waals surface area contributed by atoms with Gasteiger partial charge in [-0.25, -0.2) is 0 Å². The molecule has 1 unspecified atom stereocenters. The number of fused-ring (bicyclic) bond motifs is 2. The van der Waals surface area contributed by atoms with Crippen molar-refractivity contribution in [2.24, 2.45) is 0 Å². The monoisotopic (exact) mass is 378 g/mol. The molecule has 2 aromatic rings. The molecule has 3 fully saturated rings. The molecule has 4 nitrogen and oxygen atoms in total. The first-order chi connectivity index (χ1) is 13.6. The summed E-state index contributed by atoms with van der Waals surface area (Å²) in [6, 6.07) is 17.4. The number of carbonyl (C=O) groups excluding carboxylic acids is 1. The van der Waals surface area contributed by atoms with Crippen molar-refractivity contribution in [1.29, 1.82) is 0 Å². The Morgan fingerprint density at radius 2 is 1.82 bits per heavy atom. The molecule has 5 rings (SSSR count). The van der Waals surface area contributed by atoms with Gasteiger partial charge in [-0.3, -0.25) is 4.79 Å². The number of amides is 1. The van der Waals surface area contributed by atoms with Gasteiger partial charge in [-0.2, -0.15) is 0 Å². The number of rotatable bonds is 7. The number of aryl methyl sites for hydroxylation is 1. The van der Waals surface area contributed by atoms with Gasteiger partial charge in [-0.1, -0.05) is 37.6 Å². The van der Waals surface area contributed by atoms with Crippen LogP contribution < -0.4 is 10.1 Å². The van der Waals surface area contributed by atoms with Crippen molar-refractivity contribution in [2.75, 3.05) is 7.05 Å². The SMILES string of the molecule is CCCc1ccc(C(=O)NCc2cccc(OC3C[C@@H]4C[C@H](C3)N4C)c2)cc1. The quantitative estimate of drug-likeness (QED) is 0.786. The lowest BCUT2D eigenvalue weighted by Crippen LogP contribution is -2.60. The maximum absolute atomic E-state index is 12.4. The molecule has 1 aliphatic carbocycles. The summed E-state index contributed by atoms with van der Waals surface area (Å²) >= 11 is 0. The van der Waals surface area contributed by atoms with E-state index in [1.165, 1.54) is 12.0 Å². The standard InChI is InChI=1S/C24H30N2O2/c1-3-5-17-8-10-19(11-9-17)24(27)25-16-18-6-4-7-22(12-18)28-23-14-20-13-21(15-23)26(20)2/h4,6-12,20-21,23H,3,5,13-16H2,1-2H3,(H,25,27)/t20-,21+,23?. The van der Waals surface area contributed by atoms with Gasteiger partial charge < -0.3 is 15.0 Å². The van der Waals surface area contributed by atoms with E-state index >= 15 is 0 Å².